The number of aromatic nitrogens is 2. The maximum absolute atomic E-state index is 13.1. The highest BCUT2D eigenvalue weighted by molar-refractivity contribution is 8.07. The van der Waals surface area contributed by atoms with Crippen LogP contribution in [-0.2, 0) is 21.7 Å². The predicted octanol–water partition coefficient (Wildman–Crippen LogP) is 11.1. The van der Waals surface area contributed by atoms with Crippen molar-refractivity contribution in [3.63, 3.8) is 0 Å². The molecule has 3 aliphatic rings. The van der Waals surface area contributed by atoms with Crippen molar-refractivity contribution in [3.8, 4) is 17.2 Å². The number of carboxylic acid groups (broad SMARTS) is 1. The Labute approximate surface area is 386 Å². The van der Waals surface area contributed by atoms with E-state index in [-0.39, 0.29) is 17.9 Å². The van der Waals surface area contributed by atoms with Gasteiger partial charge in [-0.25, -0.2) is 14.2 Å². The van der Waals surface area contributed by atoms with Crippen molar-refractivity contribution in [3.05, 3.63) is 134 Å². The van der Waals surface area contributed by atoms with E-state index < -0.39 is 17.4 Å². The lowest BCUT2D eigenvalue weighted by molar-refractivity contribution is -0.157. The van der Waals surface area contributed by atoms with Crippen LogP contribution >= 0.6 is 34.9 Å². The molecule has 0 saturated carbocycles. The number of carbonyl (C=O) groups is 1. The monoisotopic (exact) mass is 926 g/mol. The molecule has 3 aliphatic heterocycles. The zero-order chi connectivity index (χ0) is 47.1. The molecule has 5 aromatic rings. The summed E-state index contributed by atoms with van der Waals surface area (Å²) in [5.41, 5.74) is 3.52. The van der Waals surface area contributed by atoms with Crippen molar-refractivity contribution >= 4 is 40.8 Å². The first-order valence-electron chi connectivity index (χ1n) is 20.8. The maximum atomic E-state index is 13.1. The molecule has 4 unspecified atom stereocenters. The summed E-state index contributed by atoms with van der Waals surface area (Å²) in [6, 6.07) is 19.0. The molecular weight excluding hydrogens is 860 g/mol. The molecular formula is C49H67FN2O8S3. The summed E-state index contributed by atoms with van der Waals surface area (Å²) in [6.45, 7) is 23.8. The summed E-state index contributed by atoms with van der Waals surface area (Å²) in [4.78, 5) is 20.0. The number of thioether (sulfide) groups is 2. The van der Waals surface area contributed by atoms with Crippen molar-refractivity contribution in [2.24, 2.45) is 5.92 Å². The van der Waals surface area contributed by atoms with Gasteiger partial charge in [-0.2, -0.15) is 23.5 Å². The average molecular weight is 927 g/mol. The lowest BCUT2D eigenvalue weighted by Crippen LogP contribution is -2.31. The molecule has 346 valence electrons. The molecule has 2 saturated heterocycles. The fraction of sp³-hybridized carbons (Fsp3) is 0.449. The molecule has 3 aromatic carbocycles. The Bertz CT molecular complexity index is 2030. The van der Waals surface area contributed by atoms with Gasteiger partial charge in [0.25, 0.3) is 0 Å². The number of hydrogen-bond acceptors (Lipinski definition) is 12. The van der Waals surface area contributed by atoms with E-state index in [2.05, 4.69) is 67.3 Å². The number of nitrogens with zero attached hydrogens (tertiary/aromatic N) is 2. The number of aliphatic hydroxyl groups excluding tert-OH is 1. The Hall–Kier alpha value is -4.18. The molecule has 2 fully saturated rings. The third-order valence-electron chi connectivity index (χ3n) is 9.27. The van der Waals surface area contributed by atoms with Gasteiger partial charge in [-0.05, 0) is 120 Å². The average Bonchev–Trinajstić information content (AvgIpc) is 4.02. The third kappa shape index (κ3) is 21.8. The second kappa shape index (κ2) is 28.6. The van der Waals surface area contributed by atoms with Crippen LogP contribution in [0, 0.1) is 60.2 Å². The van der Waals surface area contributed by atoms with Crippen molar-refractivity contribution in [1.82, 2.24) is 9.97 Å². The minimum Gasteiger partial charge on any atom is -0.508 e. The minimum absolute atomic E-state index is 0.0353. The Kier molecular flexibility index (Phi) is 24.9. The molecule has 4 N–H and O–H groups in total. The zero-order valence-corrected chi connectivity index (χ0v) is 41.1. The highest BCUT2D eigenvalue weighted by atomic mass is 32.2. The number of fused-ring (bicyclic) bond motifs is 1. The number of hydrogen-bond donors (Lipinski definition) is 4. The summed E-state index contributed by atoms with van der Waals surface area (Å²) in [6.07, 6.45) is 5.02. The highest BCUT2D eigenvalue weighted by Crippen LogP contribution is 2.32. The molecule has 5 heterocycles. The van der Waals surface area contributed by atoms with E-state index in [1.54, 1.807) is 36.5 Å². The summed E-state index contributed by atoms with van der Waals surface area (Å²) in [5.74, 6) is 3.48. The number of ether oxygens (including phenoxy) is 3. The molecule has 0 amide bonds. The molecule has 0 bridgehead atoms. The number of carboxylic acids is 1. The van der Waals surface area contributed by atoms with Gasteiger partial charge in [0.05, 0.1) is 11.6 Å². The summed E-state index contributed by atoms with van der Waals surface area (Å²) in [5, 5.41) is 38.9. The van der Waals surface area contributed by atoms with Crippen LogP contribution in [0.25, 0.3) is 0 Å². The Balaban J connectivity index is 0.000000257. The van der Waals surface area contributed by atoms with E-state index in [1.807, 2.05) is 71.3 Å². The predicted molar refractivity (Wildman–Crippen MR) is 258 cm³/mol. The van der Waals surface area contributed by atoms with E-state index in [1.165, 1.54) is 46.1 Å². The normalized spacial score (nSPS) is 17.6. The quantitative estimate of drug-likeness (QED) is 0.136. The van der Waals surface area contributed by atoms with Gasteiger partial charge in [0, 0.05) is 63.7 Å². The standard InChI is InChI=1S/C10H11FO3.C8H8O2.C8H10O2.C7H9N.C6H12S2.C5H7NS.C5H10O/c1-6-3-4-7(5-8(6)11)10(2,14)9(12)13;1-6-2-3-7-8(4-6)10-5-9-7;1-6-2-3-8(10)7(4-6)5-9;1-6-3-4-7(2)8-5-6;1-5-3-8-6(2)4-7-5;1-4-3-6-5(2)7-4;1-5-2-3-6-4-5/h3-5,14H,1-2H3,(H,12,13);2-4H,5H2,1H3;2-4,9-10H,5H2,1H3;3-5H,1-2H3;5-6H,3-4H2,1-2H3;3H,1-2H3;5H,2-4H2,1H3. The van der Waals surface area contributed by atoms with Gasteiger partial charge in [0.1, 0.15) is 11.6 Å². The van der Waals surface area contributed by atoms with Crippen LogP contribution in [0.2, 0.25) is 0 Å². The Morgan fingerprint density at radius 3 is 1.86 bits per heavy atom. The smallest absolute Gasteiger partial charge is 0.340 e. The second-order valence-electron chi connectivity index (χ2n) is 15.7. The number of halogens is 1. The topological polar surface area (TPSA) is 151 Å². The Morgan fingerprint density at radius 1 is 0.810 bits per heavy atom. The van der Waals surface area contributed by atoms with E-state index in [0.29, 0.717) is 17.9 Å². The molecule has 63 heavy (non-hydrogen) atoms. The molecule has 10 nitrogen and oxygen atoms in total. The van der Waals surface area contributed by atoms with Gasteiger partial charge in [-0.3, -0.25) is 4.98 Å². The number of aliphatic carboxylic acids is 1. The van der Waals surface area contributed by atoms with Crippen LogP contribution in [0.3, 0.4) is 0 Å². The van der Waals surface area contributed by atoms with Gasteiger partial charge >= 0.3 is 5.97 Å². The van der Waals surface area contributed by atoms with Gasteiger partial charge in [0.2, 0.25) is 6.79 Å². The number of aromatic hydroxyl groups is 1. The first-order valence-corrected chi connectivity index (χ1v) is 23.7. The van der Waals surface area contributed by atoms with Crippen LogP contribution in [0.5, 0.6) is 17.2 Å². The number of aryl methyl sites for hydroxylation is 7. The molecule has 14 heteroatoms. The van der Waals surface area contributed by atoms with E-state index in [9.17, 15) is 14.3 Å². The molecule has 0 radical (unpaired) electrons. The lowest BCUT2D eigenvalue weighted by Gasteiger charge is -2.21. The van der Waals surface area contributed by atoms with Crippen molar-refractivity contribution in [2.45, 2.75) is 105 Å². The van der Waals surface area contributed by atoms with E-state index in [0.717, 1.165) is 70.4 Å². The number of pyridine rings is 1. The van der Waals surface area contributed by atoms with Crippen LogP contribution in [-0.4, -0.2) is 78.4 Å². The minimum atomic E-state index is -2.05. The fourth-order valence-electron chi connectivity index (χ4n) is 5.22. The van der Waals surface area contributed by atoms with Crippen LogP contribution in [0.4, 0.5) is 4.39 Å². The first-order chi connectivity index (χ1) is 29.7. The largest absolute Gasteiger partial charge is 0.508 e. The van der Waals surface area contributed by atoms with Crippen molar-refractivity contribution in [2.75, 3.05) is 31.5 Å². The number of benzene rings is 3. The second-order valence-corrected chi connectivity index (χ2v) is 20.1. The SMILES string of the molecule is CC1CCOC1.CC1CSC(C)CS1.Cc1ccc(C(C)(O)C(=O)O)cc1F.Cc1ccc(C)nc1.Cc1ccc(O)c(CO)c1.Cc1ccc2c(c1)OCO2.Cc1cnc(C)s1. The Morgan fingerprint density at radius 2 is 1.43 bits per heavy atom. The number of rotatable bonds is 3. The lowest BCUT2D eigenvalue weighted by atomic mass is 9.95. The number of thiazole rings is 1. The van der Waals surface area contributed by atoms with Crippen molar-refractivity contribution < 1.29 is 43.8 Å². The molecule has 4 atom stereocenters. The first kappa shape index (κ1) is 55.0. The summed E-state index contributed by atoms with van der Waals surface area (Å²) >= 11 is 5.94. The summed E-state index contributed by atoms with van der Waals surface area (Å²) in [7, 11) is 0. The van der Waals surface area contributed by atoms with Crippen LogP contribution in [0.15, 0.2) is 79.1 Å². The van der Waals surface area contributed by atoms with Gasteiger partial charge in [-0.15, -0.1) is 11.3 Å². The zero-order valence-electron chi connectivity index (χ0n) is 38.6. The third-order valence-corrected chi connectivity index (χ3v) is 13.4. The number of aliphatic hydroxyl groups is 2. The van der Waals surface area contributed by atoms with E-state index >= 15 is 0 Å². The fourth-order valence-corrected chi connectivity index (χ4v) is 8.34. The van der Waals surface area contributed by atoms with Gasteiger partial charge < -0.3 is 34.6 Å². The van der Waals surface area contributed by atoms with Gasteiger partial charge in [-0.1, -0.05) is 62.7 Å². The summed E-state index contributed by atoms with van der Waals surface area (Å²) < 4.78 is 28.4. The molecule has 8 rings (SSSR count). The highest BCUT2D eigenvalue weighted by Gasteiger charge is 2.32. The van der Waals surface area contributed by atoms with Crippen molar-refractivity contribution in [1.29, 1.82) is 0 Å². The molecule has 0 spiro atoms. The van der Waals surface area contributed by atoms with Crippen LogP contribution < -0.4 is 9.47 Å². The molecule has 0 aliphatic carbocycles. The van der Waals surface area contributed by atoms with Crippen LogP contribution in [0.1, 0.15) is 83.1 Å². The van der Waals surface area contributed by atoms with Gasteiger partial charge in [0.15, 0.2) is 17.1 Å². The maximum Gasteiger partial charge on any atom is 0.340 e. The van der Waals surface area contributed by atoms with E-state index in [4.69, 9.17) is 29.5 Å². The molecule has 2 aromatic heterocycles. The number of phenols is 1.